The standard InChI is InChI=1S/C13H18FN3/c1-9(13-3-2-12(14)6-16-13)17-7-10-4-15-5-11(10)8-17/h2-3,6,9-11,15H,4-5,7-8H2,1H3. The molecule has 0 bridgehead atoms. The van der Waals surface area contributed by atoms with Crippen LogP contribution in [0.15, 0.2) is 18.3 Å². The van der Waals surface area contributed by atoms with Crippen molar-refractivity contribution in [2.24, 2.45) is 11.8 Å². The van der Waals surface area contributed by atoms with E-state index in [0.29, 0.717) is 6.04 Å². The fourth-order valence-electron chi connectivity index (χ4n) is 3.03. The van der Waals surface area contributed by atoms with Gasteiger partial charge in [-0.1, -0.05) is 0 Å². The Labute approximate surface area is 101 Å². The molecule has 3 nitrogen and oxygen atoms in total. The van der Waals surface area contributed by atoms with Crippen LogP contribution in [0.2, 0.25) is 0 Å². The third-order valence-corrected chi connectivity index (χ3v) is 4.14. The molecular formula is C13H18FN3. The smallest absolute Gasteiger partial charge is 0.141 e. The van der Waals surface area contributed by atoms with Crippen molar-refractivity contribution >= 4 is 0 Å². The molecule has 3 atom stereocenters. The molecule has 0 radical (unpaired) electrons. The molecule has 3 rings (SSSR count). The molecule has 2 aliphatic rings. The third kappa shape index (κ3) is 2.07. The minimum atomic E-state index is -0.261. The molecular weight excluding hydrogens is 217 g/mol. The van der Waals surface area contributed by atoms with E-state index in [1.165, 1.54) is 12.3 Å². The lowest BCUT2D eigenvalue weighted by Gasteiger charge is -2.24. The summed E-state index contributed by atoms with van der Waals surface area (Å²) < 4.78 is 12.8. The van der Waals surface area contributed by atoms with Gasteiger partial charge in [0.1, 0.15) is 5.82 Å². The van der Waals surface area contributed by atoms with Crippen molar-refractivity contribution in [1.82, 2.24) is 15.2 Å². The van der Waals surface area contributed by atoms with Gasteiger partial charge in [0.25, 0.3) is 0 Å². The Kier molecular flexibility index (Phi) is 2.84. The lowest BCUT2D eigenvalue weighted by molar-refractivity contribution is 0.239. The van der Waals surface area contributed by atoms with Crippen LogP contribution in [0, 0.1) is 17.7 Å². The Bertz CT molecular complexity index is 380. The lowest BCUT2D eigenvalue weighted by atomic mass is 10.0. The first-order chi connectivity index (χ1) is 8.24. The number of fused-ring (bicyclic) bond motifs is 1. The number of halogens is 1. The minimum Gasteiger partial charge on any atom is -0.316 e. The van der Waals surface area contributed by atoms with E-state index in [4.69, 9.17) is 0 Å². The molecule has 0 spiro atoms. The number of nitrogens with one attached hydrogen (secondary N) is 1. The molecule has 1 aromatic rings. The van der Waals surface area contributed by atoms with Crippen LogP contribution in [0.1, 0.15) is 18.7 Å². The van der Waals surface area contributed by atoms with Crippen molar-refractivity contribution in [2.75, 3.05) is 26.2 Å². The van der Waals surface area contributed by atoms with E-state index in [-0.39, 0.29) is 5.82 Å². The number of rotatable bonds is 2. The Morgan fingerprint density at radius 1 is 1.35 bits per heavy atom. The van der Waals surface area contributed by atoms with Crippen LogP contribution in [0.25, 0.3) is 0 Å². The van der Waals surface area contributed by atoms with E-state index in [2.05, 4.69) is 22.1 Å². The summed E-state index contributed by atoms with van der Waals surface area (Å²) in [7, 11) is 0. The lowest BCUT2D eigenvalue weighted by Crippen LogP contribution is -2.29. The summed E-state index contributed by atoms with van der Waals surface area (Å²) in [6, 6.07) is 3.59. The van der Waals surface area contributed by atoms with Crippen LogP contribution in [0.3, 0.4) is 0 Å². The highest BCUT2D eigenvalue weighted by Gasteiger charge is 2.38. The first-order valence-corrected chi connectivity index (χ1v) is 6.30. The number of hydrogen-bond donors (Lipinski definition) is 1. The molecule has 2 fully saturated rings. The topological polar surface area (TPSA) is 28.2 Å². The van der Waals surface area contributed by atoms with Crippen LogP contribution < -0.4 is 5.32 Å². The van der Waals surface area contributed by atoms with Crippen molar-refractivity contribution < 1.29 is 4.39 Å². The summed E-state index contributed by atoms with van der Waals surface area (Å²) in [5.74, 6) is 1.32. The van der Waals surface area contributed by atoms with Crippen molar-refractivity contribution in [3.63, 3.8) is 0 Å². The van der Waals surface area contributed by atoms with Gasteiger partial charge in [-0.2, -0.15) is 0 Å². The van der Waals surface area contributed by atoms with Gasteiger partial charge in [-0.3, -0.25) is 9.88 Å². The molecule has 0 aliphatic carbocycles. The first kappa shape index (κ1) is 11.1. The number of pyridine rings is 1. The Morgan fingerprint density at radius 3 is 2.65 bits per heavy atom. The van der Waals surface area contributed by atoms with Gasteiger partial charge in [0.15, 0.2) is 0 Å². The monoisotopic (exact) mass is 235 g/mol. The van der Waals surface area contributed by atoms with E-state index in [1.807, 2.05) is 0 Å². The maximum absolute atomic E-state index is 12.8. The van der Waals surface area contributed by atoms with Gasteiger partial charge in [-0.05, 0) is 44.0 Å². The molecule has 2 saturated heterocycles. The summed E-state index contributed by atoms with van der Waals surface area (Å²) >= 11 is 0. The van der Waals surface area contributed by atoms with Crippen molar-refractivity contribution in [3.05, 3.63) is 29.8 Å². The number of aromatic nitrogens is 1. The highest BCUT2D eigenvalue weighted by atomic mass is 19.1. The molecule has 4 heteroatoms. The van der Waals surface area contributed by atoms with E-state index >= 15 is 0 Å². The molecule has 1 N–H and O–H groups in total. The average molecular weight is 235 g/mol. The fourth-order valence-corrected chi connectivity index (χ4v) is 3.03. The largest absolute Gasteiger partial charge is 0.316 e. The van der Waals surface area contributed by atoms with E-state index in [1.54, 1.807) is 6.07 Å². The van der Waals surface area contributed by atoms with Gasteiger partial charge in [-0.15, -0.1) is 0 Å². The molecule has 3 unspecified atom stereocenters. The predicted octanol–water partition coefficient (Wildman–Crippen LogP) is 1.43. The quantitative estimate of drug-likeness (QED) is 0.840. The zero-order valence-electron chi connectivity index (χ0n) is 10.1. The second-order valence-corrected chi connectivity index (χ2v) is 5.21. The zero-order chi connectivity index (χ0) is 11.8. The van der Waals surface area contributed by atoms with Crippen molar-refractivity contribution in [1.29, 1.82) is 0 Å². The van der Waals surface area contributed by atoms with Gasteiger partial charge in [0, 0.05) is 19.1 Å². The predicted molar refractivity (Wildman–Crippen MR) is 64.0 cm³/mol. The maximum Gasteiger partial charge on any atom is 0.141 e. The second kappa shape index (κ2) is 4.35. The average Bonchev–Trinajstić information content (AvgIpc) is 2.89. The van der Waals surface area contributed by atoms with Gasteiger partial charge in [0.2, 0.25) is 0 Å². The molecule has 0 aromatic carbocycles. The highest BCUT2D eigenvalue weighted by Crippen LogP contribution is 2.32. The minimum absolute atomic E-state index is 0.261. The molecule has 17 heavy (non-hydrogen) atoms. The molecule has 92 valence electrons. The SMILES string of the molecule is CC(c1ccc(F)cn1)N1CC2CNCC2C1. The maximum atomic E-state index is 12.8. The van der Waals surface area contributed by atoms with Gasteiger partial charge in [0.05, 0.1) is 11.9 Å². The third-order valence-electron chi connectivity index (χ3n) is 4.14. The first-order valence-electron chi connectivity index (χ1n) is 6.30. The second-order valence-electron chi connectivity index (χ2n) is 5.21. The number of nitrogens with zero attached hydrogens (tertiary/aromatic N) is 2. The van der Waals surface area contributed by atoms with Crippen molar-refractivity contribution in [3.8, 4) is 0 Å². The summed E-state index contributed by atoms with van der Waals surface area (Å²) in [6.07, 6.45) is 1.31. The van der Waals surface area contributed by atoms with Crippen LogP contribution in [0.4, 0.5) is 4.39 Å². The summed E-state index contributed by atoms with van der Waals surface area (Å²) in [5, 5.41) is 3.44. The highest BCUT2D eigenvalue weighted by molar-refractivity contribution is 5.10. The number of likely N-dealkylation sites (tertiary alicyclic amines) is 1. The molecule has 0 saturated carbocycles. The van der Waals surface area contributed by atoms with Crippen LogP contribution >= 0.6 is 0 Å². The van der Waals surface area contributed by atoms with E-state index in [9.17, 15) is 4.39 Å². The van der Waals surface area contributed by atoms with Gasteiger partial charge < -0.3 is 5.32 Å². The summed E-state index contributed by atoms with van der Waals surface area (Å²) in [6.45, 7) is 6.72. The Hall–Kier alpha value is -1.00. The van der Waals surface area contributed by atoms with Crippen molar-refractivity contribution in [2.45, 2.75) is 13.0 Å². The molecule has 1 aromatic heterocycles. The van der Waals surface area contributed by atoms with Crippen LogP contribution in [-0.4, -0.2) is 36.1 Å². The molecule has 3 heterocycles. The Balaban J connectivity index is 1.70. The summed E-state index contributed by atoms with van der Waals surface area (Å²) in [4.78, 5) is 6.65. The fraction of sp³-hybridized carbons (Fsp3) is 0.615. The van der Waals surface area contributed by atoms with E-state index in [0.717, 1.165) is 43.7 Å². The van der Waals surface area contributed by atoms with Gasteiger partial charge >= 0.3 is 0 Å². The molecule has 0 amide bonds. The zero-order valence-corrected chi connectivity index (χ0v) is 10.1. The normalized spacial score (nSPS) is 30.5. The van der Waals surface area contributed by atoms with Crippen LogP contribution in [0.5, 0.6) is 0 Å². The van der Waals surface area contributed by atoms with E-state index < -0.39 is 0 Å². The molecule has 2 aliphatic heterocycles. The van der Waals surface area contributed by atoms with Crippen LogP contribution in [-0.2, 0) is 0 Å². The summed E-state index contributed by atoms with van der Waals surface area (Å²) in [5.41, 5.74) is 0.972. The van der Waals surface area contributed by atoms with Gasteiger partial charge in [-0.25, -0.2) is 4.39 Å². The Morgan fingerprint density at radius 2 is 2.06 bits per heavy atom. The number of hydrogen-bond acceptors (Lipinski definition) is 3.